The monoisotopic (exact) mass is 463 g/mol. The van der Waals surface area contributed by atoms with Crippen LogP contribution in [0.3, 0.4) is 0 Å². The molecule has 2 aromatic rings. The van der Waals surface area contributed by atoms with Crippen LogP contribution in [-0.4, -0.2) is 72.8 Å². The van der Waals surface area contributed by atoms with Crippen LogP contribution in [0.2, 0.25) is 5.02 Å². The summed E-state index contributed by atoms with van der Waals surface area (Å²) in [6.45, 7) is 3.22. The zero-order valence-corrected chi connectivity index (χ0v) is 18.9. The number of amides is 1. The molecule has 3 heterocycles. The number of sulfonamides is 1. The number of hydrogen-bond donors (Lipinski definition) is 0. The Kier molecular flexibility index (Phi) is 6.74. The van der Waals surface area contributed by atoms with Crippen LogP contribution < -0.4 is 4.90 Å². The second-order valence-corrected chi connectivity index (χ2v) is 10.1. The lowest BCUT2D eigenvalue weighted by atomic mass is 10.2. The van der Waals surface area contributed by atoms with Crippen molar-refractivity contribution in [1.29, 1.82) is 0 Å². The molecule has 2 saturated heterocycles. The summed E-state index contributed by atoms with van der Waals surface area (Å²) in [6.07, 6.45) is 7.12. The third-order valence-electron chi connectivity index (χ3n) is 5.76. The lowest BCUT2D eigenvalue weighted by Crippen LogP contribution is -2.49. The molecule has 0 atom stereocenters. The minimum Gasteiger partial charge on any atom is -0.337 e. The number of aromatic nitrogens is 2. The van der Waals surface area contributed by atoms with Gasteiger partial charge in [-0.25, -0.2) is 18.4 Å². The highest BCUT2D eigenvalue weighted by atomic mass is 35.5. The van der Waals surface area contributed by atoms with Crippen molar-refractivity contribution < 1.29 is 13.2 Å². The van der Waals surface area contributed by atoms with Gasteiger partial charge in [-0.05, 0) is 37.1 Å². The first-order valence-electron chi connectivity index (χ1n) is 10.6. The van der Waals surface area contributed by atoms with Crippen LogP contribution in [0.4, 0.5) is 5.95 Å². The SMILES string of the molecule is O=C(c1ccc(Cl)c(S(=O)(=O)N2CCCCCC2)c1)N1CCN(c2ncccn2)CC1. The number of rotatable bonds is 4. The molecule has 0 bridgehead atoms. The largest absolute Gasteiger partial charge is 0.337 e. The Morgan fingerprint density at radius 3 is 2.19 bits per heavy atom. The Balaban J connectivity index is 1.49. The minimum atomic E-state index is -3.74. The first-order valence-corrected chi connectivity index (χ1v) is 12.4. The average molecular weight is 464 g/mol. The van der Waals surface area contributed by atoms with Crippen LogP contribution in [0.5, 0.6) is 0 Å². The van der Waals surface area contributed by atoms with Crippen molar-refractivity contribution in [1.82, 2.24) is 19.2 Å². The second kappa shape index (κ2) is 9.50. The van der Waals surface area contributed by atoms with Crippen molar-refractivity contribution in [2.24, 2.45) is 0 Å². The molecule has 0 spiro atoms. The topological polar surface area (TPSA) is 86.7 Å². The van der Waals surface area contributed by atoms with Crippen LogP contribution in [0.15, 0.2) is 41.6 Å². The van der Waals surface area contributed by atoms with Gasteiger partial charge in [0.2, 0.25) is 16.0 Å². The molecule has 0 radical (unpaired) electrons. The molecule has 10 heteroatoms. The normalized spacial score (nSPS) is 18.6. The highest BCUT2D eigenvalue weighted by Crippen LogP contribution is 2.28. The number of halogens is 1. The molecular weight excluding hydrogens is 438 g/mol. The summed E-state index contributed by atoms with van der Waals surface area (Å²) in [6, 6.07) is 6.30. The maximum absolute atomic E-state index is 13.2. The van der Waals surface area contributed by atoms with Gasteiger partial charge in [-0.15, -0.1) is 0 Å². The number of carbonyl (C=O) groups is 1. The van der Waals surface area contributed by atoms with E-state index in [1.807, 2.05) is 4.90 Å². The molecule has 0 aliphatic carbocycles. The van der Waals surface area contributed by atoms with Gasteiger partial charge in [0.05, 0.1) is 5.02 Å². The first-order chi connectivity index (χ1) is 15.0. The summed E-state index contributed by atoms with van der Waals surface area (Å²) in [7, 11) is -3.74. The molecule has 0 saturated carbocycles. The lowest BCUT2D eigenvalue weighted by molar-refractivity contribution is 0.0746. The number of piperazine rings is 1. The molecule has 1 aromatic carbocycles. The van der Waals surface area contributed by atoms with Crippen molar-refractivity contribution >= 4 is 33.5 Å². The third-order valence-corrected chi connectivity index (χ3v) is 8.14. The van der Waals surface area contributed by atoms with Gasteiger partial charge in [0, 0.05) is 57.2 Å². The van der Waals surface area contributed by atoms with E-state index >= 15 is 0 Å². The van der Waals surface area contributed by atoms with E-state index in [0.717, 1.165) is 25.7 Å². The quantitative estimate of drug-likeness (QED) is 0.692. The van der Waals surface area contributed by atoms with E-state index in [0.29, 0.717) is 50.8 Å². The van der Waals surface area contributed by atoms with Gasteiger partial charge >= 0.3 is 0 Å². The van der Waals surface area contributed by atoms with Crippen LogP contribution in [0.25, 0.3) is 0 Å². The number of nitrogens with zero attached hydrogens (tertiary/aromatic N) is 5. The Morgan fingerprint density at radius 2 is 1.55 bits per heavy atom. The Morgan fingerprint density at radius 1 is 0.903 bits per heavy atom. The van der Waals surface area contributed by atoms with Crippen molar-refractivity contribution in [3.05, 3.63) is 47.2 Å². The molecule has 4 rings (SSSR count). The molecule has 31 heavy (non-hydrogen) atoms. The number of carbonyl (C=O) groups excluding carboxylic acids is 1. The van der Waals surface area contributed by atoms with Crippen LogP contribution in [-0.2, 0) is 10.0 Å². The summed E-state index contributed by atoms with van der Waals surface area (Å²) >= 11 is 6.27. The third kappa shape index (κ3) is 4.83. The Bertz CT molecular complexity index is 1020. The van der Waals surface area contributed by atoms with Gasteiger partial charge in [0.25, 0.3) is 5.91 Å². The van der Waals surface area contributed by atoms with Crippen molar-refractivity contribution in [2.45, 2.75) is 30.6 Å². The molecular formula is C21H26ClN5O3S. The van der Waals surface area contributed by atoms with Crippen molar-refractivity contribution in [3.8, 4) is 0 Å². The van der Waals surface area contributed by atoms with Gasteiger partial charge in [-0.1, -0.05) is 24.4 Å². The molecule has 2 aliphatic heterocycles. The molecule has 1 amide bonds. The van der Waals surface area contributed by atoms with Gasteiger partial charge in [-0.2, -0.15) is 4.31 Å². The first kappa shape index (κ1) is 22.0. The fourth-order valence-corrected chi connectivity index (χ4v) is 6.02. The highest BCUT2D eigenvalue weighted by molar-refractivity contribution is 7.89. The van der Waals surface area contributed by atoms with E-state index in [1.54, 1.807) is 29.4 Å². The summed E-state index contributed by atoms with van der Waals surface area (Å²) in [4.78, 5) is 25.4. The van der Waals surface area contributed by atoms with Gasteiger partial charge in [-0.3, -0.25) is 4.79 Å². The maximum atomic E-state index is 13.2. The zero-order chi connectivity index (χ0) is 21.8. The molecule has 2 fully saturated rings. The maximum Gasteiger partial charge on any atom is 0.254 e. The van der Waals surface area contributed by atoms with Crippen molar-refractivity contribution in [2.75, 3.05) is 44.2 Å². The fourth-order valence-electron chi connectivity index (χ4n) is 4.00. The summed E-state index contributed by atoms with van der Waals surface area (Å²) in [5.41, 5.74) is 0.335. The zero-order valence-electron chi connectivity index (χ0n) is 17.3. The van der Waals surface area contributed by atoms with Crippen LogP contribution >= 0.6 is 11.6 Å². The summed E-state index contributed by atoms with van der Waals surface area (Å²) in [5, 5.41) is 0.145. The summed E-state index contributed by atoms with van der Waals surface area (Å²) < 4.78 is 27.9. The summed E-state index contributed by atoms with van der Waals surface area (Å²) in [5.74, 6) is 0.449. The predicted octanol–water partition coefficient (Wildman–Crippen LogP) is 2.66. The molecule has 0 unspecified atom stereocenters. The second-order valence-electron chi connectivity index (χ2n) is 7.79. The lowest BCUT2D eigenvalue weighted by Gasteiger charge is -2.34. The highest BCUT2D eigenvalue weighted by Gasteiger charge is 2.29. The van der Waals surface area contributed by atoms with Crippen molar-refractivity contribution in [3.63, 3.8) is 0 Å². The van der Waals surface area contributed by atoms with E-state index in [-0.39, 0.29) is 15.8 Å². The smallest absolute Gasteiger partial charge is 0.254 e. The van der Waals surface area contributed by atoms with E-state index < -0.39 is 10.0 Å². The predicted molar refractivity (Wildman–Crippen MR) is 119 cm³/mol. The van der Waals surface area contributed by atoms with Gasteiger partial charge in [0.15, 0.2) is 0 Å². The minimum absolute atomic E-state index is 0.0123. The number of anilines is 1. The van der Waals surface area contributed by atoms with E-state index in [1.165, 1.54) is 16.4 Å². The molecule has 1 aromatic heterocycles. The Hall–Kier alpha value is -2.23. The van der Waals surface area contributed by atoms with Crippen LogP contribution in [0.1, 0.15) is 36.0 Å². The van der Waals surface area contributed by atoms with Crippen LogP contribution in [0, 0.1) is 0 Å². The van der Waals surface area contributed by atoms with E-state index in [2.05, 4.69) is 9.97 Å². The van der Waals surface area contributed by atoms with Gasteiger partial charge < -0.3 is 9.80 Å². The standard InChI is InChI=1S/C21H26ClN5O3S/c22-18-7-6-17(16-19(18)31(29,30)27-10-3-1-2-4-11-27)20(28)25-12-14-26(15-13-25)21-23-8-5-9-24-21/h5-9,16H,1-4,10-15H2. The van der Waals surface area contributed by atoms with E-state index in [9.17, 15) is 13.2 Å². The number of benzene rings is 1. The molecule has 166 valence electrons. The van der Waals surface area contributed by atoms with E-state index in [4.69, 9.17) is 11.6 Å². The number of hydrogen-bond acceptors (Lipinski definition) is 6. The molecule has 8 nitrogen and oxygen atoms in total. The van der Waals surface area contributed by atoms with Gasteiger partial charge in [0.1, 0.15) is 4.90 Å². The molecule has 2 aliphatic rings. The average Bonchev–Trinajstić information content (AvgIpc) is 3.10. The Labute approximate surface area is 187 Å². The fraction of sp³-hybridized carbons (Fsp3) is 0.476. The molecule has 0 N–H and O–H groups in total.